The second-order valence-electron chi connectivity index (χ2n) is 5.95. The third-order valence-corrected chi connectivity index (χ3v) is 4.63. The molecule has 0 aliphatic carbocycles. The Morgan fingerprint density at radius 1 is 0.917 bits per heavy atom. The van der Waals surface area contributed by atoms with Crippen molar-refractivity contribution in [3.63, 3.8) is 0 Å². The molecule has 1 aliphatic rings. The fourth-order valence-corrected chi connectivity index (χ4v) is 3.24. The summed E-state index contributed by atoms with van der Waals surface area (Å²) in [5.41, 5.74) is 1.55. The van der Waals surface area contributed by atoms with E-state index < -0.39 is 5.41 Å². The lowest BCUT2D eigenvalue weighted by atomic mass is 9.73. The van der Waals surface area contributed by atoms with E-state index >= 15 is 0 Å². The quantitative estimate of drug-likeness (QED) is 0.832. The van der Waals surface area contributed by atoms with Crippen molar-refractivity contribution >= 4 is 12.4 Å². The Kier molecular flexibility index (Phi) is 6.81. The fraction of sp³-hybridized carbons (Fsp3) is 0.350. The highest BCUT2D eigenvalue weighted by Gasteiger charge is 2.34. The van der Waals surface area contributed by atoms with Crippen LogP contribution in [0.4, 0.5) is 0 Å². The highest BCUT2D eigenvalue weighted by atomic mass is 35.5. The summed E-state index contributed by atoms with van der Waals surface area (Å²) in [6, 6.07) is 22.9. The molecule has 0 aromatic heterocycles. The molecular weight excluding hydrogens is 320 g/mol. The zero-order chi connectivity index (χ0) is 16.0. The molecule has 1 saturated heterocycles. The van der Waals surface area contributed by atoms with Gasteiger partial charge in [-0.2, -0.15) is 5.26 Å². The monoisotopic (exact) mass is 342 g/mol. The molecule has 1 heterocycles. The molecule has 1 aliphatic heterocycles. The largest absolute Gasteiger partial charge is 0.379 e. The first kappa shape index (κ1) is 18.5. The molecule has 0 spiro atoms. The molecule has 126 valence electrons. The van der Waals surface area contributed by atoms with Crippen LogP contribution >= 0.6 is 12.4 Å². The lowest BCUT2D eigenvalue weighted by molar-refractivity contribution is 0.0361. The maximum atomic E-state index is 10.1. The number of morpholine rings is 1. The predicted molar refractivity (Wildman–Crippen MR) is 98.4 cm³/mol. The molecule has 3 nitrogen and oxygen atoms in total. The normalized spacial score (nSPS) is 15.3. The molecule has 24 heavy (non-hydrogen) atoms. The lowest BCUT2D eigenvalue weighted by Crippen LogP contribution is -2.40. The van der Waals surface area contributed by atoms with E-state index in [1.54, 1.807) is 0 Å². The Morgan fingerprint density at radius 2 is 1.42 bits per heavy atom. The van der Waals surface area contributed by atoms with Gasteiger partial charge in [-0.25, -0.2) is 0 Å². The Morgan fingerprint density at radius 3 is 1.88 bits per heavy atom. The summed E-state index contributed by atoms with van der Waals surface area (Å²) in [5, 5.41) is 10.1. The van der Waals surface area contributed by atoms with Gasteiger partial charge in [-0.3, -0.25) is 4.90 Å². The average Bonchev–Trinajstić information content (AvgIpc) is 2.65. The highest BCUT2D eigenvalue weighted by molar-refractivity contribution is 5.85. The van der Waals surface area contributed by atoms with Crippen molar-refractivity contribution in [2.75, 3.05) is 32.8 Å². The number of ether oxygens (including phenoxy) is 1. The van der Waals surface area contributed by atoms with Crippen LogP contribution < -0.4 is 0 Å². The van der Waals surface area contributed by atoms with Crippen molar-refractivity contribution in [2.24, 2.45) is 0 Å². The van der Waals surface area contributed by atoms with Crippen molar-refractivity contribution in [3.8, 4) is 6.07 Å². The van der Waals surface area contributed by atoms with Crippen molar-refractivity contribution in [1.29, 1.82) is 5.26 Å². The van der Waals surface area contributed by atoms with E-state index in [-0.39, 0.29) is 12.4 Å². The van der Waals surface area contributed by atoms with Crippen molar-refractivity contribution < 1.29 is 4.74 Å². The molecule has 2 aromatic carbocycles. The van der Waals surface area contributed by atoms with Crippen LogP contribution in [0.2, 0.25) is 0 Å². The Hall–Kier alpha value is -1.86. The van der Waals surface area contributed by atoms with Crippen LogP contribution in [0.25, 0.3) is 0 Å². The van der Waals surface area contributed by atoms with Gasteiger partial charge in [-0.15, -0.1) is 12.4 Å². The van der Waals surface area contributed by atoms with Gasteiger partial charge in [-0.1, -0.05) is 60.7 Å². The van der Waals surface area contributed by atoms with Crippen molar-refractivity contribution in [2.45, 2.75) is 11.8 Å². The number of hydrogen-bond donors (Lipinski definition) is 0. The van der Waals surface area contributed by atoms with Gasteiger partial charge in [0.2, 0.25) is 0 Å². The SMILES string of the molecule is Cl.N#CC(CCN1CCOCC1)(c1ccccc1)c1ccccc1. The molecule has 0 bridgehead atoms. The maximum Gasteiger partial charge on any atom is 0.108 e. The van der Waals surface area contributed by atoms with Crippen LogP contribution in [0.1, 0.15) is 17.5 Å². The van der Waals surface area contributed by atoms with Gasteiger partial charge in [-0.05, 0) is 17.5 Å². The zero-order valence-corrected chi connectivity index (χ0v) is 14.5. The predicted octanol–water partition coefficient (Wildman–Crippen LogP) is 3.64. The molecule has 0 radical (unpaired) electrons. The summed E-state index contributed by atoms with van der Waals surface area (Å²) < 4.78 is 5.42. The van der Waals surface area contributed by atoms with Gasteiger partial charge in [0.05, 0.1) is 19.3 Å². The van der Waals surface area contributed by atoms with Crippen molar-refractivity contribution in [3.05, 3.63) is 71.8 Å². The number of rotatable bonds is 5. The van der Waals surface area contributed by atoms with Gasteiger partial charge in [0.25, 0.3) is 0 Å². The van der Waals surface area contributed by atoms with E-state index in [4.69, 9.17) is 4.74 Å². The second kappa shape index (κ2) is 8.84. The van der Waals surface area contributed by atoms with E-state index in [9.17, 15) is 5.26 Å². The summed E-state index contributed by atoms with van der Waals surface area (Å²) in [6.45, 7) is 4.38. The maximum absolute atomic E-state index is 10.1. The van der Waals surface area contributed by atoms with Gasteiger partial charge < -0.3 is 4.74 Å². The Balaban J connectivity index is 0.00000208. The summed E-state index contributed by atoms with van der Waals surface area (Å²) in [7, 11) is 0. The first-order chi connectivity index (χ1) is 11.3. The standard InChI is InChI=1S/C20H22N2O.ClH/c21-17-20(18-7-3-1-4-8-18,19-9-5-2-6-10-19)11-12-22-13-15-23-16-14-22;/h1-10H,11-16H2;1H. The first-order valence-corrected chi connectivity index (χ1v) is 8.17. The highest BCUT2D eigenvalue weighted by Crippen LogP contribution is 2.35. The van der Waals surface area contributed by atoms with E-state index in [0.29, 0.717) is 0 Å². The van der Waals surface area contributed by atoms with E-state index in [2.05, 4.69) is 35.2 Å². The molecule has 0 saturated carbocycles. The molecule has 0 N–H and O–H groups in total. The minimum absolute atomic E-state index is 0. The molecule has 0 amide bonds. The molecule has 1 fully saturated rings. The Bertz CT molecular complexity index is 609. The van der Waals surface area contributed by atoms with Crippen LogP contribution in [0.5, 0.6) is 0 Å². The second-order valence-corrected chi connectivity index (χ2v) is 5.95. The molecule has 0 atom stereocenters. The van der Waals surface area contributed by atoms with Gasteiger partial charge in [0.1, 0.15) is 5.41 Å². The summed E-state index contributed by atoms with van der Waals surface area (Å²) in [6.07, 6.45) is 0.789. The van der Waals surface area contributed by atoms with E-state index in [1.807, 2.05) is 36.4 Å². The minimum Gasteiger partial charge on any atom is -0.379 e. The van der Waals surface area contributed by atoms with Crippen molar-refractivity contribution in [1.82, 2.24) is 4.90 Å². The first-order valence-electron chi connectivity index (χ1n) is 8.17. The lowest BCUT2D eigenvalue weighted by Gasteiger charge is -2.32. The van der Waals surface area contributed by atoms with Crippen LogP contribution in [-0.2, 0) is 10.2 Å². The third-order valence-electron chi connectivity index (χ3n) is 4.63. The minimum atomic E-state index is -0.596. The number of benzene rings is 2. The van der Waals surface area contributed by atoms with Gasteiger partial charge in [0, 0.05) is 19.6 Å². The van der Waals surface area contributed by atoms with E-state index in [1.165, 1.54) is 0 Å². The smallest absolute Gasteiger partial charge is 0.108 e. The molecular formula is C20H23ClN2O. The molecule has 3 rings (SSSR count). The number of hydrogen-bond acceptors (Lipinski definition) is 3. The Labute approximate surface area is 150 Å². The summed E-state index contributed by atoms with van der Waals surface area (Å²) in [5.74, 6) is 0. The number of nitriles is 1. The zero-order valence-electron chi connectivity index (χ0n) is 13.7. The van der Waals surface area contributed by atoms with Crippen LogP contribution in [-0.4, -0.2) is 37.7 Å². The van der Waals surface area contributed by atoms with Gasteiger partial charge >= 0.3 is 0 Å². The average molecular weight is 343 g/mol. The van der Waals surface area contributed by atoms with Crippen LogP contribution in [0.3, 0.4) is 0 Å². The van der Waals surface area contributed by atoms with Crippen LogP contribution in [0.15, 0.2) is 60.7 Å². The number of nitrogens with zero attached hydrogens (tertiary/aromatic N) is 2. The van der Waals surface area contributed by atoms with Gasteiger partial charge in [0.15, 0.2) is 0 Å². The summed E-state index contributed by atoms with van der Waals surface area (Å²) >= 11 is 0. The van der Waals surface area contributed by atoms with E-state index in [0.717, 1.165) is 50.4 Å². The molecule has 0 unspecified atom stereocenters. The topological polar surface area (TPSA) is 36.3 Å². The van der Waals surface area contributed by atoms with Crippen LogP contribution in [0, 0.1) is 11.3 Å². The molecule has 2 aromatic rings. The fourth-order valence-electron chi connectivity index (χ4n) is 3.24. The number of halogens is 1. The molecule has 4 heteroatoms. The third kappa shape index (κ3) is 3.96. The summed E-state index contributed by atoms with van der Waals surface area (Å²) in [4.78, 5) is 2.39.